The van der Waals surface area contributed by atoms with Crippen LogP contribution in [0.4, 0.5) is 5.69 Å². The van der Waals surface area contributed by atoms with Crippen molar-refractivity contribution in [2.24, 2.45) is 4.99 Å². The number of piperidine rings is 1. The lowest BCUT2D eigenvalue weighted by Crippen LogP contribution is -2.48. The van der Waals surface area contributed by atoms with Crippen molar-refractivity contribution >= 4 is 11.6 Å². The number of pyridine rings is 1. The third-order valence-corrected chi connectivity index (χ3v) is 5.14. The van der Waals surface area contributed by atoms with E-state index in [0.29, 0.717) is 12.6 Å². The highest BCUT2D eigenvalue weighted by molar-refractivity contribution is 5.80. The first-order valence-corrected chi connectivity index (χ1v) is 9.99. The van der Waals surface area contributed by atoms with Gasteiger partial charge in [0.05, 0.1) is 26.5 Å². The molecule has 0 atom stereocenters. The molecule has 7 nitrogen and oxygen atoms in total. The zero-order valence-corrected chi connectivity index (χ0v) is 17.7. The fourth-order valence-corrected chi connectivity index (χ4v) is 3.52. The molecule has 0 bridgehead atoms. The zero-order chi connectivity index (χ0) is 20.6. The van der Waals surface area contributed by atoms with Crippen molar-refractivity contribution in [2.45, 2.75) is 32.4 Å². The lowest BCUT2D eigenvalue weighted by molar-refractivity contribution is 0.393. The van der Waals surface area contributed by atoms with Crippen molar-refractivity contribution < 1.29 is 9.47 Å². The van der Waals surface area contributed by atoms with Gasteiger partial charge in [-0.1, -0.05) is 6.07 Å². The topological polar surface area (TPSA) is 71.0 Å². The average molecular weight is 398 g/mol. The fourth-order valence-electron chi connectivity index (χ4n) is 3.52. The smallest absolute Gasteiger partial charge is 0.191 e. The molecular weight excluding hydrogens is 366 g/mol. The van der Waals surface area contributed by atoms with Crippen molar-refractivity contribution in [3.05, 3.63) is 47.8 Å². The Morgan fingerprint density at radius 2 is 1.83 bits per heavy atom. The van der Waals surface area contributed by atoms with Crippen molar-refractivity contribution in [3.63, 3.8) is 0 Å². The molecule has 0 unspecified atom stereocenters. The SMILES string of the molecule is CN=C(NCc1cccc(C)n1)NC1CCN(c2cc(OC)cc(OC)c2)CC1. The molecule has 0 amide bonds. The van der Waals surface area contributed by atoms with Gasteiger partial charge in [0.2, 0.25) is 0 Å². The van der Waals surface area contributed by atoms with Gasteiger partial charge in [-0.3, -0.25) is 9.98 Å². The minimum absolute atomic E-state index is 0.385. The van der Waals surface area contributed by atoms with Crippen LogP contribution in [0, 0.1) is 6.92 Å². The van der Waals surface area contributed by atoms with E-state index in [1.54, 1.807) is 21.3 Å². The Bertz CT molecular complexity index is 809. The van der Waals surface area contributed by atoms with Crippen molar-refractivity contribution in [1.29, 1.82) is 0 Å². The van der Waals surface area contributed by atoms with Gasteiger partial charge in [0.25, 0.3) is 0 Å². The molecule has 0 aliphatic carbocycles. The molecule has 1 aliphatic heterocycles. The average Bonchev–Trinajstić information content (AvgIpc) is 2.76. The van der Waals surface area contributed by atoms with Crippen LogP contribution in [0.2, 0.25) is 0 Å². The number of hydrogen-bond donors (Lipinski definition) is 2. The van der Waals surface area contributed by atoms with Crippen molar-refractivity contribution in [3.8, 4) is 11.5 Å². The van der Waals surface area contributed by atoms with E-state index in [-0.39, 0.29) is 0 Å². The second kappa shape index (κ2) is 10.0. The summed E-state index contributed by atoms with van der Waals surface area (Å²) in [7, 11) is 5.16. The first-order valence-electron chi connectivity index (χ1n) is 9.99. The number of aliphatic imine (C=N–C) groups is 1. The van der Waals surface area contributed by atoms with Gasteiger partial charge in [-0.2, -0.15) is 0 Å². The van der Waals surface area contributed by atoms with Gasteiger partial charge >= 0.3 is 0 Å². The van der Waals surface area contributed by atoms with Gasteiger partial charge in [0, 0.05) is 55.8 Å². The number of aromatic nitrogens is 1. The molecule has 0 radical (unpaired) electrons. The Morgan fingerprint density at radius 1 is 1.14 bits per heavy atom. The maximum atomic E-state index is 5.40. The Hall–Kier alpha value is -2.96. The maximum Gasteiger partial charge on any atom is 0.191 e. The first-order chi connectivity index (χ1) is 14.1. The van der Waals surface area contributed by atoms with E-state index in [9.17, 15) is 0 Å². The predicted octanol–water partition coefficient (Wildman–Crippen LogP) is 2.74. The van der Waals surface area contributed by atoms with Gasteiger partial charge in [0.15, 0.2) is 5.96 Å². The van der Waals surface area contributed by atoms with Crippen LogP contribution in [-0.2, 0) is 6.54 Å². The van der Waals surface area contributed by atoms with Gasteiger partial charge in [-0.25, -0.2) is 0 Å². The minimum atomic E-state index is 0.385. The minimum Gasteiger partial charge on any atom is -0.497 e. The lowest BCUT2D eigenvalue weighted by atomic mass is 10.0. The molecule has 29 heavy (non-hydrogen) atoms. The molecule has 156 valence electrons. The number of methoxy groups -OCH3 is 2. The summed E-state index contributed by atoms with van der Waals surface area (Å²) in [6, 6.07) is 12.5. The molecule has 7 heteroatoms. The molecule has 1 aliphatic rings. The van der Waals surface area contributed by atoms with E-state index in [1.165, 1.54) is 0 Å². The first kappa shape index (κ1) is 20.8. The lowest BCUT2D eigenvalue weighted by Gasteiger charge is -2.34. The van der Waals surface area contributed by atoms with Gasteiger partial charge in [-0.05, 0) is 31.9 Å². The summed E-state index contributed by atoms with van der Waals surface area (Å²) >= 11 is 0. The molecule has 1 aromatic heterocycles. The van der Waals surface area contributed by atoms with Crippen LogP contribution in [0.1, 0.15) is 24.2 Å². The molecule has 1 fully saturated rings. The number of guanidine groups is 1. The summed E-state index contributed by atoms with van der Waals surface area (Å²) in [4.78, 5) is 11.3. The molecule has 2 heterocycles. The van der Waals surface area contributed by atoms with E-state index in [2.05, 4.69) is 37.6 Å². The molecule has 0 spiro atoms. The quantitative estimate of drug-likeness (QED) is 0.577. The van der Waals surface area contributed by atoms with Crippen LogP contribution >= 0.6 is 0 Å². The van der Waals surface area contributed by atoms with E-state index < -0.39 is 0 Å². The highest BCUT2D eigenvalue weighted by atomic mass is 16.5. The highest BCUT2D eigenvalue weighted by Crippen LogP contribution is 2.30. The second-order valence-electron chi connectivity index (χ2n) is 7.17. The summed E-state index contributed by atoms with van der Waals surface area (Å²) in [5.74, 6) is 2.44. The van der Waals surface area contributed by atoms with Crippen LogP contribution in [0.5, 0.6) is 11.5 Å². The number of anilines is 1. The van der Waals surface area contributed by atoms with Crippen LogP contribution in [0.25, 0.3) is 0 Å². The van der Waals surface area contributed by atoms with Gasteiger partial charge < -0.3 is 25.0 Å². The second-order valence-corrected chi connectivity index (χ2v) is 7.17. The third kappa shape index (κ3) is 5.76. The van der Waals surface area contributed by atoms with Crippen LogP contribution < -0.4 is 25.0 Å². The number of nitrogens with one attached hydrogen (secondary N) is 2. The van der Waals surface area contributed by atoms with Crippen LogP contribution in [0.15, 0.2) is 41.4 Å². The Balaban J connectivity index is 1.52. The number of hydrogen-bond acceptors (Lipinski definition) is 5. The molecule has 3 rings (SSSR count). The molecule has 1 aromatic carbocycles. The number of benzene rings is 1. The zero-order valence-electron chi connectivity index (χ0n) is 17.7. The largest absolute Gasteiger partial charge is 0.497 e. The predicted molar refractivity (Wildman–Crippen MR) is 117 cm³/mol. The van der Waals surface area contributed by atoms with E-state index in [1.807, 2.05) is 31.2 Å². The summed E-state index contributed by atoms with van der Waals surface area (Å²) in [5.41, 5.74) is 3.16. The van der Waals surface area contributed by atoms with Crippen LogP contribution in [0.3, 0.4) is 0 Å². The summed E-state index contributed by atoms with van der Waals surface area (Å²) < 4.78 is 10.8. The summed E-state index contributed by atoms with van der Waals surface area (Å²) in [6.07, 6.45) is 2.06. The Kier molecular flexibility index (Phi) is 7.16. The van der Waals surface area contributed by atoms with Crippen molar-refractivity contribution in [2.75, 3.05) is 39.3 Å². The Morgan fingerprint density at radius 3 is 2.41 bits per heavy atom. The summed E-state index contributed by atoms with van der Waals surface area (Å²) in [5, 5.41) is 6.91. The standard InChI is InChI=1S/C22H31N5O2/c1-16-6-5-7-18(25-16)15-24-22(23-2)26-17-8-10-27(11-9-17)19-12-20(28-3)14-21(13-19)29-4/h5-7,12-14,17H,8-11,15H2,1-4H3,(H2,23,24,26). The molecule has 2 N–H and O–H groups in total. The van der Waals surface area contributed by atoms with Gasteiger partial charge in [0.1, 0.15) is 11.5 Å². The van der Waals surface area contributed by atoms with Gasteiger partial charge in [-0.15, -0.1) is 0 Å². The van der Waals surface area contributed by atoms with Crippen LogP contribution in [-0.4, -0.2) is 51.3 Å². The maximum absolute atomic E-state index is 5.40. The van der Waals surface area contributed by atoms with E-state index in [4.69, 9.17) is 9.47 Å². The molecule has 2 aromatic rings. The highest BCUT2D eigenvalue weighted by Gasteiger charge is 2.21. The summed E-state index contributed by atoms with van der Waals surface area (Å²) in [6.45, 7) is 4.58. The van der Waals surface area contributed by atoms with E-state index in [0.717, 1.165) is 60.5 Å². The number of rotatable bonds is 6. The number of nitrogens with zero attached hydrogens (tertiary/aromatic N) is 3. The molecular formula is C22H31N5O2. The third-order valence-electron chi connectivity index (χ3n) is 5.14. The number of aryl methyl sites for hydroxylation is 1. The van der Waals surface area contributed by atoms with E-state index >= 15 is 0 Å². The Labute approximate surface area is 173 Å². The molecule has 1 saturated heterocycles. The number of ether oxygens (including phenoxy) is 2. The molecule has 0 saturated carbocycles. The van der Waals surface area contributed by atoms with Crippen molar-refractivity contribution in [1.82, 2.24) is 15.6 Å². The normalized spacial score (nSPS) is 15.2. The fraction of sp³-hybridized carbons (Fsp3) is 0.455. The monoisotopic (exact) mass is 397 g/mol.